The zero-order valence-corrected chi connectivity index (χ0v) is 13.5. The zero-order chi connectivity index (χ0) is 16.8. The van der Waals surface area contributed by atoms with Crippen molar-refractivity contribution < 1.29 is 19.1 Å². The fourth-order valence-electron chi connectivity index (χ4n) is 1.85. The van der Waals surface area contributed by atoms with Gasteiger partial charge >= 0.3 is 5.97 Å². The molecule has 2 aromatic rings. The number of anilines is 1. The number of ether oxygens (including phenoxy) is 2. The van der Waals surface area contributed by atoms with Gasteiger partial charge in [0.15, 0.2) is 0 Å². The van der Waals surface area contributed by atoms with Crippen LogP contribution in [0.25, 0.3) is 0 Å². The van der Waals surface area contributed by atoms with Gasteiger partial charge in [-0.2, -0.15) is 0 Å². The highest BCUT2D eigenvalue weighted by Crippen LogP contribution is 2.25. The lowest BCUT2D eigenvalue weighted by molar-refractivity contribution is -0.134. The number of carbonyl (C=O) groups is 2. The lowest BCUT2D eigenvalue weighted by atomic mass is 10.2. The molecule has 0 aliphatic rings. The molecule has 0 bridgehead atoms. The summed E-state index contributed by atoms with van der Waals surface area (Å²) < 4.78 is 10.2. The number of carbonyl (C=O) groups excluding carboxylic acids is 2. The van der Waals surface area contributed by atoms with Crippen molar-refractivity contribution in [3.63, 3.8) is 0 Å². The molecule has 0 saturated carbocycles. The summed E-state index contributed by atoms with van der Waals surface area (Å²) in [6.07, 6.45) is 0.279. The third-order valence-corrected chi connectivity index (χ3v) is 3.32. The Morgan fingerprint density at radius 3 is 2.61 bits per heavy atom. The Morgan fingerprint density at radius 2 is 1.96 bits per heavy atom. The van der Waals surface area contributed by atoms with E-state index in [9.17, 15) is 9.59 Å². The summed E-state index contributed by atoms with van der Waals surface area (Å²) in [5, 5.41) is 3.08. The standard InChI is InChI=1S/C17H16ClNO4/c1-3-16(20)23-13-6-4-5-12(10-13)19-17(21)11-7-8-15(22-2)14(18)9-11/h4-10H,3H2,1-2H3,(H,19,21). The number of nitrogens with one attached hydrogen (secondary N) is 1. The first-order valence-electron chi connectivity index (χ1n) is 6.99. The van der Waals surface area contributed by atoms with E-state index in [0.717, 1.165) is 0 Å². The molecule has 2 aromatic carbocycles. The lowest BCUT2D eigenvalue weighted by Crippen LogP contribution is -2.12. The second-order valence-corrected chi connectivity index (χ2v) is 5.07. The van der Waals surface area contributed by atoms with Crippen molar-refractivity contribution in [2.24, 2.45) is 0 Å². The molecule has 0 unspecified atom stereocenters. The maximum atomic E-state index is 12.2. The van der Waals surface area contributed by atoms with E-state index in [2.05, 4.69) is 5.32 Å². The third kappa shape index (κ3) is 4.47. The number of halogens is 1. The number of rotatable bonds is 5. The van der Waals surface area contributed by atoms with Crippen molar-refractivity contribution in [1.82, 2.24) is 0 Å². The van der Waals surface area contributed by atoms with Gasteiger partial charge in [0.25, 0.3) is 5.91 Å². The first-order valence-corrected chi connectivity index (χ1v) is 7.37. The first kappa shape index (κ1) is 16.8. The topological polar surface area (TPSA) is 64.6 Å². The smallest absolute Gasteiger partial charge is 0.310 e. The number of amides is 1. The highest BCUT2D eigenvalue weighted by atomic mass is 35.5. The minimum atomic E-state index is -0.338. The van der Waals surface area contributed by atoms with Crippen LogP contribution in [0.1, 0.15) is 23.7 Å². The van der Waals surface area contributed by atoms with E-state index in [-0.39, 0.29) is 18.3 Å². The number of benzene rings is 2. The van der Waals surface area contributed by atoms with Crippen LogP contribution in [0.4, 0.5) is 5.69 Å². The molecule has 0 radical (unpaired) electrons. The van der Waals surface area contributed by atoms with Crippen LogP contribution in [0.3, 0.4) is 0 Å². The van der Waals surface area contributed by atoms with Gasteiger partial charge in [-0.1, -0.05) is 24.6 Å². The summed E-state index contributed by atoms with van der Waals surface area (Å²) in [5.74, 6) is 0.211. The molecule has 1 N–H and O–H groups in total. The number of esters is 1. The number of hydrogen-bond donors (Lipinski definition) is 1. The van der Waals surface area contributed by atoms with E-state index in [0.29, 0.717) is 27.8 Å². The average Bonchev–Trinajstić information content (AvgIpc) is 2.54. The second kappa shape index (κ2) is 7.65. The molecular weight excluding hydrogens is 318 g/mol. The molecule has 0 heterocycles. The Bertz CT molecular complexity index is 730. The molecule has 0 fully saturated rings. The molecule has 0 aliphatic heterocycles. The van der Waals surface area contributed by atoms with Gasteiger partial charge in [0, 0.05) is 23.7 Å². The van der Waals surface area contributed by atoms with Crippen LogP contribution >= 0.6 is 11.6 Å². The lowest BCUT2D eigenvalue weighted by Gasteiger charge is -2.09. The van der Waals surface area contributed by atoms with E-state index in [4.69, 9.17) is 21.1 Å². The van der Waals surface area contributed by atoms with Crippen LogP contribution in [0, 0.1) is 0 Å². The van der Waals surface area contributed by atoms with E-state index in [1.165, 1.54) is 13.2 Å². The molecule has 0 saturated heterocycles. The Morgan fingerprint density at radius 1 is 1.17 bits per heavy atom. The number of methoxy groups -OCH3 is 1. The Kier molecular flexibility index (Phi) is 5.60. The van der Waals surface area contributed by atoms with Crippen molar-refractivity contribution in [3.05, 3.63) is 53.1 Å². The van der Waals surface area contributed by atoms with E-state index < -0.39 is 0 Å². The summed E-state index contributed by atoms with van der Waals surface area (Å²) in [5.41, 5.74) is 0.912. The first-order chi connectivity index (χ1) is 11.0. The second-order valence-electron chi connectivity index (χ2n) is 4.66. The van der Waals surface area contributed by atoms with Gasteiger partial charge in [-0.05, 0) is 30.3 Å². The van der Waals surface area contributed by atoms with Crippen LogP contribution in [-0.4, -0.2) is 19.0 Å². The van der Waals surface area contributed by atoms with E-state index >= 15 is 0 Å². The van der Waals surface area contributed by atoms with Gasteiger partial charge in [-0.25, -0.2) is 0 Å². The third-order valence-electron chi connectivity index (χ3n) is 3.03. The van der Waals surface area contributed by atoms with E-state index in [1.807, 2.05) is 0 Å². The fraction of sp³-hybridized carbons (Fsp3) is 0.176. The van der Waals surface area contributed by atoms with Crippen LogP contribution in [0.5, 0.6) is 11.5 Å². The molecule has 23 heavy (non-hydrogen) atoms. The molecule has 6 heteroatoms. The maximum absolute atomic E-state index is 12.2. The van der Waals surface area contributed by atoms with Crippen molar-refractivity contribution in [3.8, 4) is 11.5 Å². The predicted molar refractivity (Wildman–Crippen MR) is 88.3 cm³/mol. The normalized spacial score (nSPS) is 10.0. The molecule has 0 aliphatic carbocycles. The summed E-state index contributed by atoms with van der Waals surface area (Å²) in [6, 6.07) is 11.4. The number of hydrogen-bond acceptors (Lipinski definition) is 4. The fourth-order valence-corrected chi connectivity index (χ4v) is 2.11. The van der Waals surface area contributed by atoms with Gasteiger partial charge in [0.2, 0.25) is 0 Å². The molecule has 120 valence electrons. The monoisotopic (exact) mass is 333 g/mol. The highest BCUT2D eigenvalue weighted by Gasteiger charge is 2.10. The quantitative estimate of drug-likeness (QED) is 0.665. The summed E-state index contributed by atoms with van der Waals surface area (Å²) in [4.78, 5) is 23.5. The Labute approximate surface area is 139 Å². The van der Waals surface area contributed by atoms with Gasteiger partial charge in [-0.3, -0.25) is 9.59 Å². The van der Waals surface area contributed by atoms with Crippen LogP contribution < -0.4 is 14.8 Å². The van der Waals surface area contributed by atoms with Crippen molar-refractivity contribution >= 4 is 29.2 Å². The minimum Gasteiger partial charge on any atom is -0.495 e. The minimum absolute atomic E-state index is 0.279. The van der Waals surface area contributed by atoms with Gasteiger partial charge in [0.1, 0.15) is 11.5 Å². The average molecular weight is 334 g/mol. The van der Waals surface area contributed by atoms with Crippen molar-refractivity contribution in [2.45, 2.75) is 13.3 Å². The molecule has 0 aromatic heterocycles. The predicted octanol–water partition coefficient (Wildman–Crippen LogP) is 3.92. The van der Waals surface area contributed by atoms with Crippen molar-refractivity contribution in [2.75, 3.05) is 12.4 Å². The Balaban J connectivity index is 2.12. The molecule has 5 nitrogen and oxygen atoms in total. The molecule has 0 atom stereocenters. The molecule has 2 rings (SSSR count). The molecular formula is C17H16ClNO4. The zero-order valence-electron chi connectivity index (χ0n) is 12.8. The van der Waals surface area contributed by atoms with Crippen molar-refractivity contribution in [1.29, 1.82) is 0 Å². The molecule has 0 spiro atoms. The highest BCUT2D eigenvalue weighted by molar-refractivity contribution is 6.32. The summed E-state index contributed by atoms with van der Waals surface area (Å²) in [6.45, 7) is 1.71. The van der Waals surface area contributed by atoms with Crippen LogP contribution in [0.2, 0.25) is 5.02 Å². The van der Waals surface area contributed by atoms with Crippen LogP contribution in [0.15, 0.2) is 42.5 Å². The largest absolute Gasteiger partial charge is 0.495 e. The summed E-state index contributed by atoms with van der Waals surface area (Å²) >= 11 is 6.01. The van der Waals surface area contributed by atoms with E-state index in [1.54, 1.807) is 43.3 Å². The molecule has 1 amide bonds. The van der Waals surface area contributed by atoms with Gasteiger partial charge in [-0.15, -0.1) is 0 Å². The maximum Gasteiger partial charge on any atom is 0.310 e. The summed E-state index contributed by atoms with van der Waals surface area (Å²) in [7, 11) is 1.50. The SMILES string of the molecule is CCC(=O)Oc1cccc(NC(=O)c2ccc(OC)c(Cl)c2)c1. The van der Waals surface area contributed by atoms with Gasteiger partial charge < -0.3 is 14.8 Å². The Hall–Kier alpha value is -2.53. The van der Waals surface area contributed by atoms with Crippen LogP contribution in [-0.2, 0) is 4.79 Å². The van der Waals surface area contributed by atoms with Gasteiger partial charge in [0.05, 0.1) is 12.1 Å².